The second-order valence-corrected chi connectivity index (χ2v) is 5.64. The van der Waals surface area contributed by atoms with Crippen LogP contribution in [0.4, 0.5) is 4.79 Å². The number of hydrogen-bond donors (Lipinski definition) is 2. The number of rotatable bonds is 5. The van der Waals surface area contributed by atoms with Gasteiger partial charge >= 0.3 is 6.03 Å². The fourth-order valence-corrected chi connectivity index (χ4v) is 2.70. The molecule has 0 unspecified atom stereocenters. The van der Waals surface area contributed by atoms with E-state index in [1.54, 1.807) is 6.92 Å². The lowest BCUT2D eigenvalue weighted by atomic mass is 10.1. The van der Waals surface area contributed by atoms with Gasteiger partial charge in [-0.25, -0.2) is 4.79 Å². The first kappa shape index (κ1) is 16.5. The van der Waals surface area contributed by atoms with Gasteiger partial charge in [0.25, 0.3) is 0 Å². The predicted octanol–water partition coefficient (Wildman–Crippen LogP) is 0.430. The molecule has 0 bridgehead atoms. The van der Waals surface area contributed by atoms with Gasteiger partial charge in [-0.3, -0.25) is 15.0 Å². The lowest BCUT2D eigenvalue weighted by molar-refractivity contribution is -0.125. The third-order valence-corrected chi connectivity index (χ3v) is 4.14. The SMILES string of the molecule is C[C@@H](C(=O)NC(N)=O)N1CCN(CCc2ccccc2)CC1. The molecule has 1 aliphatic heterocycles. The molecule has 1 saturated heterocycles. The molecule has 22 heavy (non-hydrogen) atoms. The summed E-state index contributed by atoms with van der Waals surface area (Å²) in [5.74, 6) is -0.328. The Hall–Kier alpha value is -1.92. The van der Waals surface area contributed by atoms with Gasteiger partial charge < -0.3 is 10.6 Å². The molecule has 120 valence electrons. The molecule has 1 aromatic rings. The average molecular weight is 304 g/mol. The minimum absolute atomic E-state index is 0.328. The van der Waals surface area contributed by atoms with Gasteiger partial charge in [-0.05, 0) is 18.9 Å². The van der Waals surface area contributed by atoms with Crippen molar-refractivity contribution in [2.45, 2.75) is 19.4 Å². The summed E-state index contributed by atoms with van der Waals surface area (Å²) in [6.07, 6.45) is 1.04. The second kappa shape index (κ2) is 7.91. The maximum Gasteiger partial charge on any atom is 0.318 e. The van der Waals surface area contributed by atoms with E-state index < -0.39 is 6.03 Å². The van der Waals surface area contributed by atoms with E-state index in [2.05, 4.69) is 39.4 Å². The van der Waals surface area contributed by atoms with Crippen molar-refractivity contribution in [3.8, 4) is 0 Å². The van der Waals surface area contributed by atoms with Crippen molar-refractivity contribution in [3.63, 3.8) is 0 Å². The Kier molecular flexibility index (Phi) is 5.91. The van der Waals surface area contributed by atoms with Crippen LogP contribution in [0.5, 0.6) is 0 Å². The van der Waals surface area contributed by atoms with Crippen molar-refractivity contribution < 1.29 is 9.59 Å². The van der Waals surface area contributed by atoms with Crippen LogP contribution in [-0.2, 0) is 11.2 Å². The molecule has 0 aromatic heterocycles. The van der Waals surface area contributed by atoms with Crippen molar-refractivity contribution in [1.82, 2.24) is 15.1 Å². The van der Waals surface area contributed by atoms with Crippen molar-refractivity contribution in [3.05, 3.63) is 35.9 Å². The largest absolute Gasteiger partial charge is 0.351 e. The average Bonchev–Trinajstić information content (AvgIpc) is 2.53. The summed E-state index contributed by atoms with van der Waals surface area (Å²) in [6, 6.07) is 9.32. The van der Waals surface area contributed by atoms with E-state index in [9.17, 15) is 9.59 Å². The fraction of sp³-hybridized carbons (Fsp3) is 0.500. The van der Waals surface area contributed by atoms with E-state index in [0.717, 1.165) is 39.1 Å². The number of primary amides is 1. The number of nitrogens with two attached hydrogens (primary N) is 1. The zero-order chi connectivity index (χ0) is 15.9. The molecule has 2 rings (SSSR count). The van der Waals surface area contributed by atoms with Crippen molar-refractivity contribution in [2.75, 3.05) is 32.7 Å². The molecule has 1 fully saturated rings. The zero-order valence-corrected chi connectivity index (χ0v) is 13.0. The van der Waals surface area contributed by atoms with Gasteiger partial charge in [-0.15, -0.1) is 0 Å². The molecule has 0 spiro atoms. The fourth-order valence-electron chi connectivity index (χ4n) is 2.70. The minimum atomic E-state index is -0.793. The normalized spacial score (nSPS) is 17.9. The van der Waals surface area contributed by atoms with Crippen LogP contribution in [0, 0.1) is 0 Å². The zero-order valence-electron chi connectivity index (χ0n) is 13.0. The van der Waals surface area contributed by atoms with Crippen LogP contribution in [-0.4, -0.2) is 60.5 Å². The Bertz CT molecular complexity index is 498. The van der Waals surface area contributed by atoms with Crippen LogP contribution in [0.3, 0.4) is 0 Å². The second-order valence-electron chi connectivity index (χ2n) is 5.64. The van der Waals surface area contributed by atoms with E-state index >= 15 is 0 Å². The van der Waals surface area contributed by atoms with Crippen molar-refractivity contribution in [1.29, 1.82) is 0 Å². The summed E-state index contributed by atoms with van der Waals surface area (Å²) < 4.78 is 0. The van der Waals surface area contributed by atoms with Crippen LogP contribution < -0.4 is 11.1 Å². The first-order valence-corrected chi connectivity index (χ1v) is 7.67. The number of nitrogens with one attached hydrogen (secondary N) is 1. The lowest BCUT2D eigenvalue weighted by Gasteiger charge is -2.37. The van der Waals surface area contributed by atoms with E-state index in [4.69, 9.17) is 5.73 Å². The summed E-state index contributed by atoms with van der Waals surface area (Å²) >= 11 is 0. The predicted molar refractivity (Wildman–Crippen MR) is 85.3 cm³/mol. The Labute approximate surface area is 131 Å². The van der Waals surface area contributed by atoms with E-state index in [1.165, 1.54) is 5.56 Å². The number of nitrogens with zero attached hydrogens (tertiary/aromatic N) is 2. The molecular weight excluding hydrogens is 280 g/mol. The molecule has 3 amide bonds. The first-order valence-electron chi connectivity index (χ1n) is 7.67. The van der Waals surface area contributed by atoms with Gasteiger partial charge in [0.1, 0.15) is 0 Å². The smallest absolute Gasteiger partial charge is 0.318 e. The molecule has 3 N–H and O–H groups in total. The first-order chi connectivity index (χ1) is 10.6. The molecule has 0 saturated carbocycles. The molecule has 0 aliphatic carbocycles. The van der Waals surface area contributed by atoms with Crippen LogP contribution in [0.25, 0.3) is 0 Å². The molecule has 6 nitrogen and oxygen atoms in total. The summed E-state index contributed by atoms with van der Waals surface area (Å²) in [4.78, 5) is 27.0. The van der Waals surface area contributed by atoms with Gasteiger partial charge in [-0.2, -0.15) is 0 Å². The molecular formula is C16H24N4O2. The Morgan fingerprint density at radius 2 is 1.82 bits per heavy atom. The van der Waals surface area contributed by atoms with Crippen LogP contribution in [0.1, 0.15) is 12.5 Å². The van der Waals surface area contributed by atoms with Gasteiger partial charge in [0, 0.05) is 32.7 Å². The highest BCUT2D eigenvalue weighted by Crippen LogP contribution is 2.08. The van der Waals surface area contributed by atoms with Crippen LogP contribution in [0.15, 0.2) is 30.3 Å². The maximum absolute atomic E-state index is 11.8. The van der Waals surface area contributed by atoms with E-state index in [1.807, 2.05) is 6.07 Å². The standard InChI is InChI=1S/C16H24N4O2/c1-13(15(21)18-16(17)22)20-11-9-19(10-12-20)8-7-14-5-3-2-4-6-14/h2-6,13H,7-12H2,1H3,(H3,17,18,21,22)/t13-/m0/s1. The molecule has 0 radical (unpaired) electrons. The molecule has 6 heteroatoms. The van der Waals surface area contributed by atoms with Crippen LogP contribution in [0.2, 0.25) is 0 Å². The third kappa shape index (κ3) is 4.82. The Morgan fingerprint density at radius 1 is 1.18 bits per heavy atom. The number of carbonyl (C=O) groups is 2. The topological polar surface area (TPSA) is 78.7 Å². The minimum Gasteiger partial charge on any atom is -0.351 e. The molecule has 1 heterocycles. The monoisotopic (exact) mass is 304 g/mol. The molecule has 1 aromatic carbocycles. The Balaban J connectivity index is 1.73. The van der Waals surface area contributed by atoms with Gasteiger partial charge in [-0.1, -0.05) is 30.3 Å². The number of carbonyl (C=O) groups excluding carboxylic acids is 2. The maximum atomic E-state index is 11.8. The van der Waals surface area contributed by atoms with Crippen LogP contribution >= 0.6 is 0 Å². The van der Waals surface area contributed by atoms with Gasteiger partial charge in [0.2, 0.25) is 5.91 Å². The van der Waals surface area contributed by atoms with Crippen molar-refractivity contribution in [2.24, 2.45) is 5.73 Å². The summed E-state index contributed by atoms with van der Waals surface area (Å²) in [5, 5.41) is 2.14. The highest BCUT2D eigenvalue weighted by Gasteiger charge is 2.25. The van der Waals surface area contributed by atoms with Gasteiger partial charge in [0.15, 0.2) is 0 Å². The highest BCUT2D eigenvalue weighted by atomic mass is 16.2. The summed E-state index contributed by atoms with van der Waals surface area (Å²) in [6.45, 7) is 6.34. The number of amides is 3. The van der Waals surface area contributed by atoms with Crippen molar-refractivity contribution >= 4 is 11.9 Å². The number of benzene rings is 1. The number of piperazine rings is 1. The number of imide groups is 1. The number of urea groups is 1. The summed E-state index contributed by atoms with van der Waals surface area (Å²) in [7, 11) is 0. The highest BCUT2D eigenvalue weighted by molar-refractivity contribution is 5.96. The third-order valence-electron chi connectivity index (χ3n) is 4.14. The number of hydrogen-bond acceptors (Lipinski definition) is 4. The molecule has 1 atom stereocenters. The van der Waals surface area contributed by atoms with E-state index in [-0.39, 0.29) is 11.9 Å². The summed E-state index contributed by atoms with van der Waals surface area (Å²) in [5.41, 5.74) is 6.33. The van der Waals surface area contributed by atoms with E-state index in [0.29, 0.717) is 0 Å². The Morgan fingerprint density at radius 3 is 2.41 bits per heavy atom. The quantitative estimate of drug-likeness (QED) is 0.827. The van der Waals surface area contributed by atoms with Gasteiger partial charge in [0.05, 0.1) is 6.04 Å². The molecule has 1 aliphatic rings. The lowest BCUT2D eigenvalue weighted by Crippen LogP contribution is -2.55.